The maximum atomic E-state index is 6.01. The lowest BCUT2D eigenvalue weighted by atomic mass is 10.1. The number of hydrogen-bond donors (Lipinski definition) is 1. The summed E-state index contributed by atoms with van der Waals surface area (Å²) in [5.74, 6) is 1.61. The molecule has 96 valence electrons. The van der Waals surface area contributed by atoms with Gasteiger partial charge in [0.2, 0.25) is 0 Å². The minimum Gasteiger partial charge on any atom is -0.481 e. The summed E-state index contributed by atoms with van der Waals surface area (Å²) in [6.45, 7) is 6.03. The number of nitrogens with two attached hydrogens (primary N) is 1. The van der Waals surface area contributed by atoms with Crippen molar-refractivity contribution in [1.82, 2.24) is 0 Å². The lowest BCUT2D eigenvalue weighted by molar-refractivity contribution is 0.152. The summed E-state index contributed by atoms with van der Waals surface area (Å²) < 4.78 is 11.4. The summed E-state index contributed by atoms with van der Waals surface area (Å²) in [7, 11) is 0. The largest absolute Gasteiger partial charge is 0.481 e. The summed E-state index contributed by atoms with van der Waals surface area (Å²) >= 11 is 0. The number of ether oxygens (including phenoxy) is 1. The Balaban J connectivity index is 2.27. The van der Waals surface area contributed by atoms with Crippen LogP contribution in [0.25, 0.3) is 0 Å². The van der Waals surface area contributed by atoms with Gasteiger partial charge in [0.05, 0.1) is 6.26 Å². The van der Waals surface area contributed by atoms with Gasteiger partial charge < -0.3 is 14.9 Å². The Morgan fingerprint density at radius 3 is 2.56 bits per heavy atom. The van der Waals surface area contributed by atoms with Crippen LogP contribution in [0.5, 0.6) is 5.75 Å². The van der Waals surface area contributed by atoms with Crippen molar-refractivity contribution in [1.29, 1.82) is 0 Å². The minimum absolute atomic E-state index is 0.143. The molecule has 0 saturated carbocycles. The Kier molecular flexibility index (Phi) is 3.72. The highest BCUT2D eigenvalue weighted by molar-refractivity contribution is 5.38. The van der Waals surface area contributed by atoms with Crippen LogP contribution in [-0.2, 0) is 0 Å². The average molecular weight is 245 g/mol. The first-order valence-electron chi connectivity index (χ1n) is 6.11. The summed E-state index contributed by atoms with van der Waals surface area (Å²) in [6, 6.07) is 9.60. The molecule has 1 aromatic heterocycles. The van der Waals surface area contributed by atoms with Crippen LogP contribution in [0.2, 0.25) is 0 Å². The molecule has 0 aliphatic rings. The van der Waals surface area contributed by atoms with Gasteiger partial charge in [-0.2, -0.15) is 0 Å². The van der Waals surface area contributed by atoms with E-state index in [9.17, 15) is 0 Å². The van der Waals surface area contributed by atoms with Crippen LogP contribution in [-0.4, -0.2) is 6.04 Å². The van der Waals surface area contributed by atoms with Crippen LogP contribution < -0.4 is 10.5 Å². The van der Waals surface area contributed by atoms with E-state index in [0.29, 0.717) is 0 Å². The fourth-order valence-corrected chi connectivity index (χ4v) is 1.87. The molecule has 0 amide bonds. The van der Waals surface area contributed by atoms with E-state index in [1.165, 1.54) is 5.56 Å². The fourth-order valence-electron chi connectivity index (χ4n) is 1.87. The summed E-state index contributed by atoms with van der Waals surface area (Å²) in [5.41, 5.74) is 8.32. The van der Waals surface area contributed by atoms with Gasteiger partial charge in [0.1, 0.15) is 11.5 Å². The first-order valence-corrected chi connectivity index (χ1v) is 6.11. The van der Waals surface area contributed by atoms with Crippen molar-refractivity contribution >= 4 is 0 Å². The smallest absolute Gasteiger partial charge is 0.171 e. The van der Waals surface area contributed by atoms with E-state index < -0.39 is 0 Å². The first kappa shape index (κ1) is 12.7. The second-order valence-corrected chi connectivity index (χ2v) is 4.61. The Labute approximate surface area is 108 Å². The molecule has 0 saturated heterocycles. The van der Waals surface area contributed by atoms with Gasteiger partial charge in [-0.3, -0.25) is 0 Å². The molecule has 3 nitrogen and oxygen atoms in total. The monoisotopic (exact) mass is 245 g/mol. The zero-order valence-corrected chi connectivity index (χ0v) is 11.0. The quantitative estimate of drug-likeness (QED) is 0.898. The summed E-state index contributed by atoms with van der Waals surface area (Å²) in [6.07, 6.45) is 1.37. The molecule has 1 heterocycles. The number of aryl methyl sites for hydroxylation is 1. The zero-order chi connectivity index (χ0) is 13.1. The molecule has 18 heavy (non-hydrogen) atoms. The van der Waals surface area contributed by atoms with Crippen LogP contribution in [0.1, 0.15) is 29.9 Å². The van der Waals surface area contributed by atoms with Gasteiger partial charge in [0.25, 0.3) is 0 Å². The van der Waals surface area contributed by atoms with Crippen LogP contribution in [0.4, 0.5) is 0 Å². The van der Waals surface area contributed by atoms with Gasteiger partial charge in [-0.25, -0.2) is 0 Å². The van der Waals surface area contributed by atoms with Crippen molar-refractivity contribution in [2.75, 3.05) is 0 Å². The summed E-state index contributed by atoms with van der Waals surface area (Å²) in [4.78, 5) is 0. The van der Waals surface area contributed by atoms with E-state index in [1.54, 1.807) is 6.26 Å². The molecule has 0 spiro atoms. The standard InChI is InChI=1S/C15H19NO2/c1-10-6-4-7-13(11(10)2)18-15(12(3)16)14-8-5-9-17-14/h4-9,12,15H,16H2,1-3H3. The predicted octanol–water partition coefficient (Wildman–Crippen LogP) is 3.36. The molecule has 3 heteroatoms. The number of benzene rings is 1. The maximum Gasteiger partial charge on any atom is 0.171 e. The molecule has 2 aromatic rings. The SMILES string of the molecule is Cc1cccc(OC(c2ccco2)C(C)N)c1C. The van der Waals surface area contributed by atoms with Crippen molar-refractivity contribution in [3.63, 3.8) is 0 Å². The molecule has 1 aromatic carbocycles. The normalized spacial score (nSPS) is 14.2. The molecule has 0 fully saturated rings. The molecular weight excluding hydrogens is 226 g/mol. The maximum absolute atomic E-state index is 6.01. The van der Waals surface area contributed by atoms with Crippen molar-refractivity contribution in [2.24, 2.45) is 5.73 Å². The van der Waals surface area contributed by atoms with Crippen molar-refractivity contribution in [3.8, 4) is 5.75 Å². The van der Waals surface area contributed by atoms with Gasteiger partial charge in [-0.1, -0.05) is 12.1 Å². The lowest BCUT2D eigenvalue weighted by Gasteiger charge is -2.22. The molecule has 0 bridgehead atoms. The van der Waals surface area contributed by atoms with Gasteiger partial charge in [-0.15, -0.1) is 0 Å². The van der Waals surface area contributed by atoms with E-state index in [0.717, 1.165) is 17.1 Å². The highest BCUT2D eigenvalue weighted by Crippen LogP contribution is 2.28. The molecule has 0 radical (unpaired) electrons. The molecule has 2 atom stereocenters. The second kappa shape index (κ2) is 5.27. The van der Waals surface area contributed by atoms with E-state index in [2.05, 4.69) is 13.0 Å². The third-order valence-electron chi connectivity index (χ3n) is 3.11. The molecule has 2 unspecified atom stereocenters. The predicted molar refractivity (Wildman–Crippen MR) is 71.6 cm³/mol. The van der Waals surface area contributed by atoms with E-state index in [1.807, 2.05) is 38.1 Å². The Hall–Kier alpha value is -1.74. The van der Waals surface area contributed by atoms with Gasteiger partial charge in [0, 0.05) is 6.04 Å². The van der Waals surface area contributed by atoms with E-state index in [4.69, 9.17) is 14.9 Å². The number of hydrogen-bond acceptors (Lipinski definition) is 3. The highest BCUT2D eigenvalue weighted by Gasteiger charge is 2.21. The molecular formula is C15H19NO2. The first-order chi connectivity index (χ1) is 8.59. The van der Waals surface area contributed by atoms with Crippen molar-refractivity contribution in [3.05, 3.63) is 53.5 Å². The zero-order valence-electron chi connectivity index (χ0n) is 11.0. The molecule has 0 aliphatic heterocycles. The molecule has 0 aliphatic carbocycles. The number of furan rings is 1. The van der Waals surface area contributed by atoms with Crippen LogP contribution in [0.3, 0.4) is 0 Å². The third kappa shape index (κ3) is 2.57. The van der Waals surface area contributed by atoms with Crippen LogP contribution >= 0.6 is 0 Å². The molecule has 2 rings (SSSR count). The summed E-state index contributed by atoms with van der Waals surface area (Å²) in [5, 5.41) is 0. The Morgan fingerprint density at radius 1 is 1.17 bits per heavy atom. The Bertz CT molecular complexity index is 503. The second-order valence-electron chi connectivity index (χ2n) is 4.61. The molecule has 2 N–H and O–H groups in total. The van der Waals surface area contributed by atoms with E-state index in [-0.39, 0.29) is 12.1 Å². The van der Waals surface area contributed by atoms with Crippen molar-refractivity contribution < 1.29 is 9.15 Å². The van der Waals surface area contributed by atoms with Crippen LogP contribution in [0, 0.1) is 13.8 Å². The fraction of sp³-hybridized carbons (Fsp3) is 0.333. The Morgan fingerprint density at radius 2 is 1.94 bits per heavy atom. The topological polar surface area (TPSA) is 48.4 Å². The minimum atomic E-state index is -0.263. The number of rotatable bonds is 4. The highest BCUT2D eigenvalue weighted by atomic mass is 16.5. The van der Waals surface area contributed by atoms with Crippen molar-refractivity contribution in [2.45, 2.75) is 32.9 Å². The van der Waals surface area contributed by atoms with Gasteiger partial charge >= 0.3 is 0 Å². The third-order valence-corrected chi connectivity index (χ3v) is 3.11. The van der Waals surface area contributed by atoms with Gasteiger partial charge in [0.15, 0.2) is 6.10 Å². The van der Waals surface area contributed by atoms with E-state index >= 15 is 0 Å². The lowest BCUT2D eigenvalue weighted by Crippen LogP contribution is -2.28. The van der Waals surface area contributed by atoms with Gasteiger partial charge in [-0.05, 0) is 50.1 Å². The average Bonchev–Trinajstić information content (AvgIpc) is 2.84. The van der Waals surface area contributed by atoms with Crippen LogP contribution in [0.15, 0.2) is 41.0 Å².